The van der Waals surface area contributed by atoms with Crippen LogP contribution in [0.3, 0.4) is 0 Å². The number of para-hydroxylation sites is 1. The molecule has 3 rings (SSSR count). The minimum Gasteiger partial charge on any atom is -0.461 e. The smallest absolute Gasteiger partial charge is 0.311 e. The lowest BCUT2D eigenvalue weighted by atomic mass is 10.1. The first-order valence-corrected chi connectivity index (χ1v) is 9.35. The Morgan fingerprint density at radius 1 is 1.33 bits per heavy atom. The molecule has 0 aromatic heterocycles. The van der Waals surface area contributed by atoms with Crippen molar-refractivity contribution >= 4 is 33.5 Å². The lowest BCUT2D eigenvalue weighted by Gasteiger charge is -2.31. The van der Waals surface area contributed by atoms with E-state index in [0.717, 1.165) is 42.6 Å². The third-order valence-corrected chi connectivity index (χ3v) is 5.46. The van der Waals surface area contributed by atoms with Gasteiger partial charge in [0.05, 0.1) is 11.6 Å². The van der Waals surface area contributed by atoms with E-state index in [2.05, 4.69) is 27.8 Å². The summed E-state index contributed by atoms with van der Waals surface area (Å²) in [5.41, 5.74) is 0.813. The second kappa shape index (κ2) is 7.66. The summed E-state index contributed by atoms with van der Waals surface area (Å²) in [6, 6.07) is 7.58. The van der Waals surface area contributed by atoms with Crippen molar-refractivity contribution in [3.05, 3.63) is 28.7 Å². The number of esters is 1. The summed E-state index contributed by atoms with van der Waals surface area (Å²) in [4.78, 5) is 28.8. The third kappa shape index (κ3) is 3.81. The summed E-state index contributed by atoms with van der Waals surface area (Å²) < 4.78 is 6.56. The highest BCUT2D eigenvalue weighted by Gasteiger charge is 2.38. The highest BCUT2D eigenvalue weighted by atomic mass is 79.9. The van der Waals surface area contributed by atoms with Crippen molar-refractivity contribution in [3.8, 4) is 0 Å². The number of rotatable bonds is 4. The number of likely N-dealkylation sites (N-methyl/N-ethyl adjacent to an activating group) is 1. The van der Waals surface area contributed by atoms with E-state index in [-0.39, 0.29) is 30.3 Å². The molecule has 1 aromatic rings. The average Bonchev–Trinajstić information content (AvgIpc) is 2.97. The number of amides is 1. The fourth-order valence-corrected chi connectivity index (χ4v) is 3.92. The SMILES string of the molecule is CCN1CCCC(OC(=O)C2CC(=O)N(c3ccccc3Br)C2)C1. The summed E-state index contributed by atoms with van der Waals surface area (Å²) in [6.45, 7) is 5.37. The number of likely N-dealkylation sites (tertiary alicyclic amines) is 1. The standard InChI is InChI=1S/C18H23BrN2O3/c1-2-20-9-5-6-14(12-20)24-18(23)13-10-17(22)21(11-13)16-8-4-3-7-15(16)19/h3-4,7-8,13-14H,2,5-6,9-12H2,1H3. The van der Waals surface area contributed by atoms with Gasteiger partial charge >= 0.3 is 5.97 Å². The van der Waals surface area contributed by atoms with Crippen LogP contribution in [0.4, 0.5) is 5.69 Å². The molecule has 1 amide bonds. The molecule has 6 heteroatoms. The van der Waals surface area contributed by atoms with E-state index in [1.165, 1.54) is 0 Å². The Kier molecular flexibility index (Phi) is 5.56. The topological polar surface area (TPSA) is 49.9 Å². The molecular formula is C18H23BrN2O3. The molecule has 0 N–H and O–H groups in total. The average molecular weight is 395 g/mol. The van der Waals surface area contributed by atoms with E-state index in [4.69, 9.17) is 4.74 Å². The quantitative estimate of drug-likeness (QED) is 0.736. The van der Waals surface area contributed by atoms with Crippen molar-refractivity contribution in [1.29, 1.82) is 0 Å². The van der Waals surface area contributed by atoms with Crippen molar-refractivity contribution in [1.82, 2.24) is 4.90 Å². The van der Waals surface area contributed by atoms with E-state index in [0.29, 0.717) is 6.54 Å². The molecule has 2 unspecified atom stereocenters. The molecule has 0 saturated carbocycles. The Morgan fingerprint density at radius 2 is 2.12 bits per heavy atom. The zero-order chi connectivity index (χ0) is 17.1. The summed E-state index contributed by atoms with van der Waals surface area (Å²) in [6.07, 6.45) is 2.15. The maximum absolute atomic E-state index is 12.5. The van der Waals surface area contributed by atoms with E-state index in [1.54, 1.807) is 4.90 Å². The zero-order valence-corrected chi connectivity index (χ0v) is 15.5. The van der Waals surface area contributed by atoms with Gasteiger partial charge in [0.15, 0.2) is 0 Å². The van der Waals surface area contributed by atoms with Gasteiger partial charge in [-0.15, -0.1) is 0 Å². The van der Waals surface area contributed by atoms with Crippen LogP contribution in [0.25, 0.3) is 0 Å². The molecule has 2 heterocycles. The van der Waals surface area contributed by atoms with Gasteiger partial charge in [0, 0.05) is 24.0 Å². The molecule has 0 radical (unpaired) electrons. The Morgan fingerprint density at radius 3 is 2.88 bits per heavy atom. The van der Waals surface area contributed by atoms with Crippen LogP contribution < -0.4 is 4.90 Å². The predicted molar refractivity (Wildman–Crippen MR) is 95.8 cm³/mol. The zero-order valence-electron chi connectivity index (χ0n) is 13.9. The van der Waals surface area contributed by atoms with Crippen LogP contribution in [0.15, 0.2) is 28.7 Å². The second-order valence-electron chi connectivity index (χ2n) is 6.45. The van der Waals surface area contributed by atoms with Gasteiger partial charge in [-0.25, -0.2) is 0 Å². The molecule has 0 aliphatic carbocycles. The number of hydrogen-bond acceptors (Lipinski definition) is 4. The van der Waals surface area contributed by atoms with Crippen LogP contribution in [0.5, 0.6) is 0 Å². The number of piperidine rings is 1. The fourth-order valence-electron chi connectivity index (χ4n) is 3.43. The van der Waals surface area contributed by atoms with Crippen LogP contribution in [0.1, 0.15) is 26.2 Å². The van der Waals surface area contributed by atoms with Gasteiger partial charge in [-0.05, 0) is 54.0 Å². The Hall–Kier alpha value is -1.40. The van der Waals surface area contributed by atoms with Crippen molar-refractivity contribution in [2.75, 3.05) is 31.1 Å². The Bertz CT molecular complexity index is 622. The van der Waals surface area contributed by atoms with Gasteiger partial charge in [-0.1, -0.05) is 19.1 Å². The van der Waals surface area contributed by atoms with Crippen molar-refractivity contribution in [3.63, 3.8) is 0 Å². The Labute approximate surface area is 151 Å². The predicted octanol–water partition coefficient (Wildman–Crippen LogP) is 2.83. The van der Waals surface area contributed by atoms with E-state index >= 15 is 0 Å². The molecule has 130 valence electrons. The molecule has 5 nitrogen and oxygen atoms in total. The molecule has 24 heavy (non-hydrogen) atoms. The van der Waals surface area contributed by atoms with Gasteiger partial charge in [0.25, 0.3) is 0 Å². The first kappa shape index (κ1) is 17.4. The van der Waals surface area contributed by atoms with E-state index in [9.17, 15) is 9.59 Å². The highest BCUT2D eigenvalue weighted by Crippen LogP contribution is 2.32. The third-order valence-electron chi connectivity index (χ3n) is 4.79. The van der Waals surface area contributed by atoms with Gasteiger partial charge < -0.3 is 9.64 Å². The highest BCUT2D eigenvalue weighted by molar-refractivity contribution is 9.10. The van der Waals surface area contributed by atoms with E-state index < -0.39 is 0 Å². The minimum atomic E-state index is -0.374. The monoisotopic (exact) mass is 394 g/mol. The number of carbonyl (C=O) groups excluding carboxylic acids is 2. The number of anilines is 1. The molecule has 1 aromatic carbocycles. The molecule has 0 bridgehead atoms. The number of halogens is 1. The maximum Gasteiger partial charge on any atom is 0.311 e. The molecular weight excluding hydrogens is 372 g/mol. The molecule has 0 spiro atoms. The summed E-state index contributed by atoms with van der Waals surface area (Å²) in [5, 5.41) is 0. The van der Waals surface area contributed by atoms with Crippen molar-refractivity contribution < 1.29 is 14.3 Å². The van der Waals surface area contributed by atoms with Gasteiger partial charge in [-0.3, -0.25) is 14.5 Å². The van der Waals surface area contributed by atoms with Crippen LogP contribution >= 0.6 is 15.9 Å². The Balaban J connectivity index is 1.61. The molecule has 2 atom stereocenters. The minimum absolute atomic E-state index is 0.0253. The molecule has 2 saturated heterocycles. The normalized spacial score (nSPS) is 25.1. The number of carbonyl (C=O) groups is 2. The molecule has 2 aliphatic heterocycles. The van der Waals surface area contributed by atoms with Gasteiger partial charge in [0.1, 0.15) is 6.10 Å². The number of hydrogen-bond donors (Lipinski definition) is 0. The van der Waals surface area contributed by atoms with Gasteiger partial charge in [0.2, 0.25) is 5.91 Å². The second-order valence-corrected chi connectivity index (χ2v) is 7.31. The maximum atomic E-state index is 12.5. The van der Waals surface area contributed by atoms with E-state index in [1.807, 2.05) is 24.3 Å². The van der Waals surface area contributed by atoms with Crippen LogP contribution in [0.2, 0.25) is 0 Å². The van der Waals surface area contributed by atoms with Crippen molar-refractivity contribution in [2.24, 2.45) is 5.92 Å². The molecule has 2 aliphatic rings. The number of ether oxygens (including phenoxy) is 1. The van der Waals surface area contributed by atoms with Crippen LogP contribution in [-0.2, 0) is 14.3 Å². The first-order valence-electron chi connectivity index (χ1n) is 8.56. The van der Waals surface area contributed by atoms with Gasteiger partial charge in [-0.2, -0.15) is 0 Å². The summed E-state index contributed by atoms with van der Waals surface area (Å²) in [5.74, 6) is -0.634. The van der Waals surface area contributed by atoms with Crippen LogP contribution in [-0.4, -0.2) is 49.1 Å². The summed E-state index contributed by atoms with van der Waals surface area (Å²) in [7, 11) is 0. The number of nitrogens with zero attached hydrogens (tertiary/aromatic N) is 2. The number of benzene rings is 1. The lowest BCUT2D eigenvalue weighted by molar-refractivity contribution is -0.156. The largest absolute Gasteiger partial charge is 0.461 e. The van der Waals surface area contributed by atoms with Crippen LogP contribution in [0, 0.1) is 5.92 Å². The lowest BCUT2D eigenvalue weighted by Crippen LogP contribution is -2.41. The van der Waals surface area contributed by atoms with Crippen molar-refractivity contribution in [2.45, 2.75) is 32.3 Å². The first-order chi connectivity index (χ1) is 11.6. The summed E-state index contributed by atoms with van der Waals surface area (Å²) >= 11 is 3.47. The molecule has 2 fully saturated rings. The fraction of sp³-hybridized carbons (Fsp3) is 0.556.